The molecule has 3 atom stereocenters. The van der Waals surface area contributed by atoms with Crippen LogP contribution in [0.25, 0.3) is 0 Å². The summed E-state index contributed by atoms with van der Waals surface area (Å²) in [5, 5.41) is 17.4. The van der Waals surface area contributed by atoms with Crippen molar-refractivity contribution in [3.05, 3.63) is 71.8 Å². The highest BCUT2D eigenvalue weighted by Gasteiger charge is 2.12. The van der Waals surface area contributed by atoms with Gasteiger partial charge >= 0.3 is 11.9 Å². The third-order valence-electron chi connectivity index (χ3n) is 5.47. The maximum absolute atomic E-state index is 11.8. The molecule has 7 heteroatoms. The first kappa shape index (κ1) is 34.0. The summed E-state index contributed by atoms with van der Waals surface area (Å²) in [6, 6.07) is 18.6. The number of carbonyl (C=O) groups is 3. The Balaban J connectivity index is 0.000000551. The highest BCUT2D eigenvalue weighted by molar-refractivity contribution is 6.08. The summed E-state index contributed by atoms with van der Waals surface area (Å²) < 4.78 is 10.0. The van der Waals surface area contributed by atoms with Crippen molar-refractivity contribution < 1.29 is 34.1 Å². The van der Waals surface area contributed by atoms with E-state index in [0.29, 0.717) is 25.9 Å². The lowest BCUT2D eigenvalue weighted by atomic mass is 10.0. The number of hydrogen-bond acceptors (Lipinski definition) is 7. The van der Waals surface area contributed by atoms with Gasteiger partial charge in [0, 0.05) is 42.9 Å². The zero-order valence-corrected chi connectivity index (χ0v) is 22.9. The summed E-state index contributed by atoms with van der Waals surface area (Å²) in [5.41, 5.74) is 1.47. The van der Waals surface area contributed by atoms with Crippen molar-refractivity contribution in [3.63, 3.8) is 0 Å². The molecule has 0 radical (unpaired) electrons. The average molecular weight is 517 g/mol. The molecule has 0 amide bonds. The Morgan fingerprint density at radius 1 is 0.784 bits per heavy atom. The van der Waals surface area contributed by atoms with E-state index in [1.165, 1.54) is 0 Å². The predicted molar refractivity (Wildman–Crippen MR) is 145 cm³/mol. The van der Waals surface area contributed by atoms with Crippen molar-refractivity contribution in [2.24, 2.45) is 5.92 Å². The lowest BCUT2D eigenvalue weighted by Crippen LogP contribution is -2.19. The first-order valence-corrected chi connectivity index (χ1v) is 13.0. The van der Waals surface area contributed by atoms with Gasteiger partial charge in [0.1, 0.15) is 6.10 Å². The normalized spacial score (nSPS) is 12.4. The Bertz CT molecular complexity index is 819. The van der Waals surface area contributed by atoms with Crippen LogP contribution in [-0.4, -0.2) is 53.4 Å². The number of aliphatic hydroxyl groups excluding tert-OH is 2. The summed E-state index contributed by atoms with van der Waals surface area (Å²) in [5.74, 6) is -0.318. The van der Waals surface area contributed by atoms with E-state index in [-0.39, 0.29) is 42.5 Å². The fourth-order valence-corrected chi connectivity index (χ4v) is 2.89. The van der Waals surface area contributed by atoms with Gasteiger partial charge in [-0.25, -0.2) is 0 Å². The molecule has 0 heterocycles. The Hall–Kier alpha value is -3.03. The lowest BCUT2D eigenvalue weighted by Gasteiger charge is -2.15. The van der Waals surface area contributed by atoms with Crippen LogP contribution in [0.15, 0.2) is 60.7 Å². The molecule has 0 aliphatic carbocycles. The van der Waals surface area contributed by atoms with Crippen LogP contribution in [0.5, 0.6) is 0 Å². The van der Waals surface area contributed by atoms with Gasteiger partial charge in [-0.05, 0) is 12.8 Å². The van der Waals surface area contributed by atoms with Crippen LogP contribution in [0.2, 0.25) is 0 Å². The van der Waals surface area contributed by atoms with Gasteiger partial charge in [-0.15, -0.1) is 0 Å². The van der Waals surface area contributed by atoms with E-state index < -0.39 is 0 Å². The summed E-state index contributed by atoms with van der Waals surface area (Å²) in [6.07, 6.45) is 2.34. The second-order valence-corrected chi connectivity index (χ2v) is 8.43. The third-order valence-corrected chi connectivity index (χ3v) is 5.47. The lowest BCUT2D eigenvalue weighted by molar-refractivity contribution is -0.151. The second-order valence-electron chi connectivity index (χ2n) is 8.43. The molecular weight excluding hydrogens is 472 g/mol. The van der Waals surface area contributed by atoms with Crippen LogP contribution in [-0.2, 0) is 19.1 Å². The van der Waals surface area contributed by atoms with Gasteiger partial charge < -0.3 is 19.7 Å². The Morgan fingerprint density at radius 3 is 1.62 bits per heavy atom. The summed E-state index contributed by atoms with van der Waals surface area (Å²) in [6.45, 7) is 9.57. The van der Waals surface area contributed by atoms with Gasteiger partial charge in [-0.1, -0.05) is 95.3 Å². The van der Waals surface area contributed by atoms with Crippen molar-refractivity contribution in [1.29, 1.82) is 0 Å². The molecule has 2 aromatic carbocycles. The number of carbonyl (C=O) groups excluding carboxylic acids is 3. The van der Waals surface area contributed by atoms with Gasteiger partial charge in [0.25, 0.3) is 0 Å². The van der Waals surface area contributed by atoms with Crippen LogP contribution in [0, 0.1) is 5.92 Å². The Morgan fingerprint density at radius 2 is 1.27 bits per heavy atom. The van der Waals surface area contributed by atoms with Crippen LogP contribution in [0.4, 0.5) is 0 Å². The smallest absolute Gasteiger partial charge is 0.305 e. The largest absolute Gasteiger partial charge is 0.466 e. The molecule has 2 N–H and O–H groups in total. The number of rotatable bonds is 12. The molecule has 0 saturated carbocycles. The van der Waals surface area contributed by atoms with Crippen molar-refractivity contribution in [2.75, 3.05) is 13.2 Å². The van der Waals surface area contributed by atoms with Crippen molar-refractivity contribution in [3.8, 4) is 0 Å². The van der Waals surface area contributed by atoms with Crippen molar-refractivity contribution >= 4 is 17.7 Å². The number of aliphatic hydroxyl groups is 2. The molecule has 0 aliphatic rings. The van der Waals surface area contributed by atoms with Crippen LogP contribution in [0.1, 0.15) is 82.6 Å². The molecule has 2 aromatic rings. The number of hydrogen-bond donors (Lipinski definition) is 2. The number of benzene rings is 2. The van der Waals surface area contributed by atoms with E-state index >= 15 is 0 Å². The molecular formula is C30H44O7. The summed E-state index contributed by atoms with van der Waals surface area (Å²) in [4.78, 5) is 33.7. The number of esters is 2. The number of ether oxygens (including phenoxy) is 2. The highest BCUT2D eigenvalue weighted by Crippen LogP contribution is 2.09. The molecule has 2 rings (SSSR count). The van der Waals surface area contributed by atoms with Crippen LogP contribution in [0.3, 0.4) is 0 Å². The minimum Gasteiger partial charge on any atom is -0.466 e. The van der Waals surface area contributed by atoms with E-state index in [1.54, 1.807) is 13.8 Å². The van der Waals surface area contributed by atoms with Crippen LogP contribution >= 0.6 is 0 Å². The fourth-order valence-electron chi connectivity index (χ4n) is 2.89. The molecule has 0 bridgehead atoms. The van der Waals surface area contributed by atoms with E-state index in [4.69, 9.17) is 19.7 Å². The van der Waals surface area contributed by atoms with Gasteiger partial charge in [0.2, 0.25) is 0 Å². The fraction of sp³-hybridized carbons (Fsp3) is 0.500. The van der Waals surface area contributed by atoms with Gasteiger partial charge in [-0.2, -0.15) is 0 Å². The topological polar surface area (TPSA) is 110 Å². The molecule has 0 aliphatic heterocycles. The molecule has 3 unspecified atom stereocenters. The molecule has 7 nitrogen and oxygen atoms in total. The summed E-state index contributed by atoms with van der Waals surface area (Å²) >= 11 is 0. The predicted octanol–water partition coefficient (Wildman–Crippen LogP) is 5.36. The maximum atomic E-state index is 11.8. The molecule has 0 fully saturated rings. The molecule has 0 saturated heterocycles. The van der Waals surface area contributed by atoms with Crippen molar-refractivity contribution in [1.82, 2.24) is 0 Å². The SMILES string of the molecule is CCC(=O)OCCC(CC)OC(=O)CC.CCC(O)C(C)CO.O=C(c1ccccc1)c1ccccc1. The minimum atomic E-state index is -0.333. The van der Waals surface area contributed by atoms with Gasteiger partial charge in [-0.3, -0.25) is 14.4 Å². The second kappa shape index (κ2) is 21.1. The maximum Gasteiger partial charge on any atom is 0.305 e. The first-order valence-electron chi connectivity index (χ1n) is 13.0. The van der Waals surface area contributed by atoms with E-state index in [2.05, 4.69) is 0 Å². The van der Waals surface area contributed by atoms with Gasteiger partial charge in [0.05, 0.1) is 12.7 Å². The third kappa shape index (κ3) is 15.6. The summed E-state index contributed by atoms with van der Waals surface area (Å²) in [7, 11) is 0. The number of ketones is 1. The molecule has 206 valence electrons. The quantitative estimate of drug-likeness (QED) is 0.288. The molecule has 0 spiro atoms. The van der Waals surface area contributed by atoms with E-state index in [1.807, 2.05) is 81.4 Å². The van der Waals surface area contributed by atoms with Crippen molar-refractivity contribution in [2.45, 2.75) is 78.9 Å². The monoisotopic (exact) mass is 516 g/mol. The first-order chi connectivity index (χ1) is 17.7. The standard InChI is InChI=1S/C13H10O.C11H20O4.C6H14O2/c14-13(11-7-3-1-4-8-11)12-9-5-2-6-10-12;1-4-9(15-11(13)6-3)7-8-14-10(12)5-2;1-3-6(8)5(2)4-7/h1-10H;9H,4-8H2,1-3H3;5-8H,3-4H2,1-2H3. The van der Waals surface area contributed by atoms with Gasteiger partial charge in [0.15, 0.2) is 5.78 Å². The Kier molecular flexibility index (Phi) is 19.4. The highest BCUT2D eigenvalue weighted by atomic mass is 16.6. The average Bonchev–Trinajstić information content (AvgIpc) is 2.96. The molecule has 0 aromatic heterocycles. The zero-order chi connectivity index (χ0) is 28.1. The Labute approximate surface area is 221 Å². The zero-order valence-electron chi connectivity index (χ0n) is 22.9. The van der Waals surface area contributed by atoms with Crippen LogP contribution < -0.4 is 0 Å². The molecule has 37 heavy (non-hydrogen) atoms. The van der Waals surface area contributed by atoms with E-state index in [0.717, 1.165) is 24.0 Å². The minimum absolute atomic E-state index is 0.0278. The van der Waals surface area contributed by atoms with E-state index in [9.17, 15) is 14.4 Å².